The van der Waals surface area contributed by atoms with Gasteiger partial charge in [0, 0.05) is 34.2 Å². The SMILES string of the molecule is Cc1c(Cl)cccc1NC(=O)/C(C#N)=C/c1cc(C)n(-c2ccc(NC3CCCCC3)c([N+](=O)[O-])c2)c1C. The highest BCUT2D eigenvalue weighted by molar-refractivity contribution is 6.31. The largest absolute Gasteiger partial charge is 0.377 e. The van der Waals surface area contributed by atoms with E-state index in [2.05, 4.69) is 10.6 Å². The van der Waals surface area contributed by atoms with E-state index < -0.39 is 5.91 Å². The number of carbonyl (C=O) groups is 1. The van der Waals surface area contributed by atoms with Gasteiger partial charge in [-0.3, -0.25) is 14.9 Å². The number of hydrogen-bond donors (Lipinski definition) is 2. The first-order chi connectivity index (χ1) is 18.2. The molecule has 8 nitrogen and oxygen atoms in total. The van der Waals surface area contributed by atoms with Crippen LogP contribution < -0.4 is 10.6 Å². The van der Waals surface area contributed by atoms with E-state index in [9.17, 15) is 20.2 Å². The lowest BCUT2D eigenvalue weighted by Gasteiger charge is -2.24. The van der Waals surface area contributed by atoms with E-state index in [4.69, 9.17) is 11.6 Å². The number of nitrogens with zero attached hydrogens (tertiary/aromatic N) is 3. The van der Waals surface area contributed by atoms with Crippen LogP contribution in [0, 0.1) is 42.2 Å². The highest BCUT2D eigenvalue weighted by Gasteiger charge is 2.22. The fourth-order valence-corrected chi connectivity index (χ4v) is 5.14. The van der Waals surface area contributed by atoms with Crippen molar-refractivity contribution in [3.63, 3.8) is 0 Å². The van der Waals surface area contributed by atoms with Crippen LogP contribution in [-0.4, -0.2) is 21.4 Å². The molecular formula is C29H30ClN5O3. The van der Waals surface area contributed by atoms with Gasteiger partial charge in [-0.05, 0) is 81.1 Å². The molecule has 9 heteroatoms. The molecule has 1 aliphatic carbocycles. The quantitative estimate of drug-likeness (QED) is 0.144. The summed E-state index contributed by atoms with van der Waals surface area (Å²) in [5.41, 5.74) is 4.59. The number of nitrogens with one attached hydrogen (secondary N) is 2. The Balaban J connectivity index is 1.64. The summed E-state index contributed by atoms with van der Waals surface area (Å²) >= 11 is 6.15. The minimum Gasteiger partial charge on any atom is -0.377 e. The normalized spacial score (nSPS) is 14.1. The van der Waals surface area contributed by atoms with Gasteiger partial charge in [0.15, 0.2) is 0 Å². The Morgan fingerprint density at radius 2 is 1.87 bits per heavy atom. The Bertz CT molecular complexity index is 1460. The van der Waals surface area contributed by atoms with Crippen molar-refractivity contribution in [2.24, 2.45) is 0 Å². The summed E-state index contributed by atoms with van der Waals surface area (Å²) in [6.45, 7) is 5.52. The Hall–Kier alpha value is -4.09. The van der Waals surface area contributed by atoms with Gasteiger partial charge in [-0.1, -0.05) is 36.9 Å². The van der Waals surface area contributed by atoms with Crippen LogP contribution >= 0.6 is 11.6 Å². The van der Waals surface area contributed by atoms with Crippen LogP contribution in [0.4, 0.5) is 17.1 Å². The third kappa shape index (κ3) is 5.74. The number of halogens is 1. The van der Waals surface area contributed by atoms with E-state index in [0.29, 0.717) is 33.2 Å². The molecule has 0 radical (unpaired) electrons. The van der Waals surface area contributed by atoms with E-state index in [1.54, 1.807) is 37.3 Å². The summed E-state index contributed by atoms with van der Waals surface area (Å²) < 4.78 is 1.89. The first kappa shape index (κ1) is 27.0. The second-order valence-corrected chi connectivity index (χ2v) is 10.0. The number of hydrogen-bond acceptors (Lipinski definition) is 5. The van der Waals surface area contributed by atoms with Crippen LogP contribution in [0.3, 0.4) is 0 Å². The molecule has 196 valence electrons. The van der Waals surface area contributed by atoms with Crippen LogP contribution in [0.1, 0.15) is 54.6 Å². The first-order valence-corrected chi connectivity index (χ1v) is 13.0. The summed E-state index contributed by atoms with van der Waals surface area (Å²) in [7, 11) is 0. The molecule has 3 aromatic rings. The number of benzene rings is 2. The average Bonchev–Trinajstić information content (AvgIpc) is 3.18. The number of aryl methyl sites for hydroxylation is 1. The van der Waals surface area contributed by atoms with Gasteiger partial charge in [0.2, 0.25) is 0 Å². The average molecular weight is 532 g/mol. The lowest BCUT2D eigenvalue weighted by Crippen LogP contribution is -2.22. The molecule has 1 aromatic heterocycles. The number of aromatic nitrogens is 1. The number of nitro groups is 1. The molecule has 1 fully saturated rings. The van der Waals surface area contributed by atoms with E-state index in [1.165, 1.54) is 12.5 Å². The van der Waals surface area contributed by atoms with Gasteiger partial charge in [0.1, 0.15) is 17.3 Å². The molecule has 38 heavy (non-hydrogen) atoms. The first-order valence-electron chi connectivity index (χ1n) is 12.6. The fraction of sp³-hybridized carbons (Fsp3) is 0.310. The zero-order chi connectivity index (χ0) is 27.4. The lowest BCUT2D eigenvalue weighted by molar-refractivity contribution is -0.384. The van der Waals surface area contributed by atoms with Crippen molar-refractivity contribution in [2.45, 2.75) is 58.9 Å². The fourth-order valence-electron chi connectivity index (χ4n) is 4.97. The minimum absolute atomic E-state index is 0.0200. The summed E-state index contributed by atoms with van der Waals surface area (Å²) in [6.07, 6.45) is 7.01. The summed E-state index contributed by atoms with van der Waals surface area (Å²) in [4.78, 5) is 24.4. The molecule has 1 saturated carbocycles. The van der Waals surface area contributed by atoms with Crippen LogP contribution in [0.5, 0.6) is 0 Å². The Morgan fingerprint density at radius 3 is 2.55 bits per heavy atom. The molecule has 0 spiro atoms. The monoisotopic (exact) mass is 531 g/mol. The van der Waals surface area contributed by atoms with Crippen molar-refractivity contribution >= 4 is 40.6 Å². The van der Waals surface area contributed by atoms with Gasteiger partial charge in [-0.2, -0.15) is 5.26 Å². The zero-order valence-corrected chi connectivity index (χ0v) is 22.4. The van der Waals surface area contributed by atoms with Gasteiger partial charge >= 0.3 is 0 Å². The highest BCUT2D eigenvalue weighted by Crippen LogP contribution is 2.32. The Kier molecular flexibility index (Phi) is 8.18. The maximum Gasteiger partial charge on any atom is 0.294 e. The predicted octanol–water partition coefficient (Wildman–Crippen LogP) is 7.25. The zero-order valence-electron chi connectivity index (χ0n) is 21.7. The summed E-state index contributed by atoms with van der Waals surface area (Å²) in [6, 6.07) is 14.4. The maximum absolute atomic E-state index is 12.9. The highest BCUT2D eigenvalue weighted by atomic mass is 35.5. The molecule has 1 heterocycles. The van der Waals surface area contributed by atoms with E-state index in [1.807, 2.05) is 36.6 Å². The molecule has 0 atom stereocenters. The Morgan fingerprint density at radius 1 is 1.13 bits per heavy atom. The molecule has 1 aliphatic rings. The predicted molar refractivity (Wildman–Crippen MR) is 151 cm³/mol. The van der Waals surface area contributed by atoms with Gasteiger partial charge in [-0.15, -0.1) is 0 Å². The van der Waals surface area contributed by atoms with Gasteiger partial charge in [0.25, 0.3) is 11.6 Å². The molecule has 2 N–H and O–H groups in total. The molecule has 2 aromatic carbocycles. The topological polar surface area (TPSA) is 113 Å². The van der Waals surface area contributed by atoms with Crippen molar-refractivity contribution in [1.82, 2.24) is 4.57 Å². The third-order valence-electron chi connectivity index (χ3n) is 7.05. The van der Waals surface area contributed by atoms with Crippen LogP contribution in [-0.2, 0) is 4.79 Å². The van der Waals surface area contributed by atoms with Crippen molar-refractivity contribution in [3.8, 4) is 11.8 Å². The van der Waals surface area contributed by atoms with Gasteiger partial charge in [-0.25, -0.2) is 0 Å². The molecular weight excluding hydrogens is 502 g/mol. The molecule has 4 rings (SSSR count). The summed E-state index contributed by atoms with van der Waals surface area (Å²) in [5.74, 6) is -0.545. The molecule has 0 aliphatic heterocycles. The van der Waals surface area contributed by atoms with E-state index in [-0.39, 0.29) is 22.2 Å². The molecule has 1 amide bonds. The smallest absolute Gasteiger partial charge is 0.294 e. The standard InChI is InChI=1S/C29H30ClN5O3/c1-18-14-21(15-22(17-31)29(36)33-26-11-7-10-25(30)19(26)2)20(3)34(18)24-12-13-27(28(16-24)35(37)38)32-23-8-5-4-6-9-23/h7,10-16,23,32H,4-6,8-9H2,1-3H3,(H,33,36)/b22-15+. The number of rotatable bonds is 7. The van der Waals surface area contributed by atoms with Crippen LogP contribution in [0.25, 0.3) is 11.8 Å². The van der Waals surface area contributed by atoms with E-state index >= 15 is 0 Å². The van der Waals surface area contributed by atoms with Crippen LogP contribution in [0.15, 0.2) is 48.0 Å². The summed E-state index contributed by atoms with van der Waals surface area (Å²) in [5, 5.41) is 28.3. The number of amides is 1. The van der Waals surface area contributed by atoms with Crippen molar-refractivity contribution in [2.75, 3.05) is 10.6 Å². The van der Waals surface area contributed by atoms with Gasteiger partial charge in [0.05, 0.1) is 10.6 Å². The minimum atomic E-state index is -0.545. The number of nitriles is 1. The second kappa shape index (κ2) is 11.5. The van der Waals surface area contributed by atoms with E-state index in [0.717, 1.165) is 37.1 Å². The third-order valence-corrected chi connectivity index (χ3v) is 7.46. The van der Waals surface area contributed by atoms with Crippen molar-refractivity contribution in [1.29, 1.82) is 5.26 Å². The Labute approximate surface area is 227 Å². The van der Waals surface area contributed by atoms with Crippen molar-refractivity contribution < 1.29 is 9.72 Å². The van der Waals surface area contributed by atoms with Crippen molar-refractivity contribution in [3.05, 3.63) is 85.7 Å². The molecule has 0 unspecified atom stereocenters. The molecule has 0 saturated heterocycles. The maximum atomic E-state index is 12.9. The molecule has 0 bridgehead atoms. The number of anilines is 2. The number of nitro benzene ring substituents is 1. The number of carbonyl (C=O) groups excluding carboxylic acids is 1. The lowest BCUT2D eigenvalue weighted by atomic mass is 9.95. The van der Waals surface area contributed by atoms with Crippen LogP contribution in [0.2, 0.25) is 5.02 Å². The van der Waals surface area contributed by atoms with Gasteiger partial charge < -0.3 is 15.2 Å². The second-order valence-electron chi connectivity index (χ2n) is 9.64.